The Hall–Kier alpha value is -0.130. The van der Waals surface area contributed by atoms with Gasteiger partial charge in [0.1, 0.15) is 0 Å². The lowest BCUT2D eigenvalue weighted by Crippen LogP contribution is -2.43. The molecule has 2 fully saturated rings. The highest BCUT2D eigenvalue weighted by atomic mass is 32.2. The third-order valence-electron chi connectivity index (χ3n) is 5.36. The van der Waals surface area contributed by atoms with Gasteiger partial charge in [0.25, 0.3) is 0 Å². The summed E-state index contributed by atoms with van der Waals surface area (Å²) >= 11 is 0. The van der Waals surface area contributed by atoms with E-state index in [4.69, 9.17) is 0 Å². The van der Waals surface area contributed by atoms with Gasteiger partial charge in [0.15, 0.2) is 0 Å². The van der Waals surface area contributed by atoms with Crippen molar-refractivity contribution in [1.29, 1.82) is 0 Å². The first-order valence-electron chi connectivity index (χ1n) is 8.65. The fourth-order valence-electron chi connectivity index (χ4n) is 3.83. The highest BCUT2D eigenvalue weighted by Crippen LogP contribution is 2.30. The molecule has 1 heterocycles. The Kier molecular flexibility index (Phi) is 6.51. The van der Waals surface area contributed by atoms with Gasteiger partial charge < -0.3 is 5.32 Å². The Morgan fingerprint density at radius 1 is 1.00 bits per heavy atom. The van der Waals surface area contributed by atoms with E-state index in [-0.39, 0.29) is 0 Å². The van der Waals surface area contributed by atoms with E-state index < -0.39 is 10.0 Å². The number of piperidine rings is 1. The summed E-state index contributed by atoms with van der Waals surface area (Å²) in [6, 6.07) is 0. The number of nitrogens with one attached hydrogen (secondary N) is 1. The molecule has 0 radical (unpaired) electrons. The number of rotatable bonds is 6. The summed E-state index contributed by atoms with van der Waals surface area (Å²) in [5, 5.41) is 3.61. The summed E-state index contributed by atoms with van der Waals surface area (Å²) in [5.41, 5.74) is 0. The predicted octanol–water partition coefficient (Wildman–Crippen LogP) is 2.46. The van der Waals surface area contributed by atoms with Crippen LogP contribution in [-0.4, -0.2) is 45.2 Å². The number of sulfonamides is 1. The molecule has 5 heteroatoms. The van der Waals surface area contributed by atoms with Crippen molar-refractivity contribution in [2.75, 3.05) is 32.4 Å². The molecule has 0 bridgehead atoms. The Morgan fingerprint density at radius 2 is 1.62 bits per heavy atom. The van der Waals surface area contributed by atoms with E-state index >= 15 is 0 Å². The third kappa shape index (κ3) is 5.53. The number of nitrogens with zero attached hydrogens (tertiary/aromatic N) is 1. The molecular formula is C16H32N2O2S. The molecule has 0 aromatic rings. The van der Waals surface area contributed by atoms with Gasteiger partial charge in [-0.2, -0.15) is 0 Å². The highest BCUT2D eigenvalue weighted by Gasteiger charge is 2.26. The molecule has 21 heavy (non-hydrogen) atoms. The minimum atomic E-state index is -3.01. The lowest BCUT2D eigenvalue weighted by Gasteiger charge is -2.32. The quantitative estimate of drug-likeness (QED) is 0.819. The molecule has 0 aromatic carbocycles. The van der Waals surface area contributed by atoms with Crippen LogP contribution < -0.4 is 5.32 Å². The summed E-state index contributed by atoms with van der Waals surface area (Å²) in [5.74, 6) is 2.28. The van der Waals surface area contributed by atoms with Crippen LogP contribution in [-0.2, 0) is 10.0 Å². The van der Waals surface area contributed by atoms with E-state index in [0.717, 1.165) is 37.8 Å². The molecular weight excluding hydrogens is 284 g/mol. The van der Waals surface area contributed by atoms with Gasteiger partial charge in [-0.15, -0.1) is 0 Å². The molecule has 1 atom stereocenters. The maximum Gasteiger partial charge on any atom is 0.211 e. The van der Waals surface area contributed by atoms with Crippen LogP contribution in [0.25, 0.3) is 0 Å². The van der Waals surface area contributed by atoms with Crippen molar-refractivity contribution in [3.8, 4) is 0 Å². The van der Waals surface area contributed by atoms with E-state index in [1.165, 1.54) is 38.4 Å². The first kappa shape index (κ1) is 17.2. The average molecular weight is 317 g/mol. The molecule has 0 spiro atoms. The lowest BCUT2D eigenvalue weighted by molar-refractivity contribution is 0.238. The Labute approximate surface area is 130 Å². The van der Waals surface area contributed by atoms with Crippen molar-refractivity contribution in [1.82, 2.24) is 9.62 Å². The molecule has 1 unspecified atom stereocenters. The normalized spacial score (nSPS) is 32.2. The zero-order valence-corrected chi connectivity index (χ0v) is 14.5. The summed E-state index contributed by atoms with van der Waals surface area (Å²) < 4.78 is 24.9. The fraction of sp³-hybridized carbons (Fsp3) is 1.00. The molecule has 0 aromatic heterocycles. The van der Waals surface area contributed by atoms with E-state index in [9.17, 15) is 8.42 Å². The second kappa shape index (κ2) is 7.93. The van der Waals surface area contributed by atoms with E-state index in [0.29, 0.717) is 19.0 Å². The standard InChI is InChI=1S/C16H32N2O2S/c1-3-14-6-8-15(9-7-14)11-17-12-16-5-4-10-18(13-16)21(2,19)20/h14-17H,3-13H2,1-2H3. The molecule has 1 saturated carbocycles. The van der Waals surface area contributed by atoms with E-state index in [1.807, 2.05) is 0 Å². The van der Waals surface area contributed by atoms with Gasteiger partial charge in [0.05, 0.1) is 6.26 Å². The van der Waals surface area contributed by atoms with Crippen LogP contribution in [0.1, 0.15) is 51.9 Å². The summed E-state index contributed by atoms with van der Waals surface area (Å²) in [4.78, 5) is 0. The number of hydrogen-bond donors (Lipinski definition) is 1. The predicted molar refractivity (Wildman–Crippen MR) is 87.7 cm³/mol. The zero-order valence-electron chi connectivity index (χ0n) is 13.7. The van der Waals surface area contributed by atoms with Crippen molar-refractivity contribution in [2.24, 2.45) is 17.8 Å². The largest absolute Gasteiger partial charge is 0.316 e. The zero-order chi connectivity index (χ0) is 15.3. The van der Waals surface area contributed by atoms with Gasteiger partial charge in [0, 0.05) is 13.1 Å². The monoisotopic (exact) mass is 316 g/mol. The van der Waals surface area contributed by atoms with E-state index in [1.54, 1.807) is 4.31 Å². The van der Waals surface area contributed by atoms with Crippen LogP contribution in [0.5, 0.6) is 0 Å². The topological polar surface area (TPSA) is 49.4 Å². The van der Waals surface area contributed by atoms with E-state index in [2.05, 4.69) is 12.2 Å². The Morgan fingerprint density at radius 3 is 2.24 bits per heavy atom. The van der Waals surface area contributed by atoms with Crippen molar-refractivity contribution >= 4 is 10.0 Å². The smallest absolute Gasteiger partial charge is 0.211 e. The summed E-state index contributed by atoms with van der Waals surface area (Å²) in [7, 11) is -3.01. The molecule has 0 amide bonds. The van der Waals surface area contributed by atoms with Crippen molar-refractivity contribution < 1.29 is 8.42 Å². The first-order chi connectivity index (χ1) is 9.99. The van der Waals surface area contributed by atoms with Gasteiger partial charge in [-0.05, 0) is 56.5 Å². The molecule has 1 saturated heterocycles. The molecule has 2 aliphatic rings. The van der Waals surface area contributed by atoms with Gasteiger partial charge >= 0.3 is 0 Å². The van der Waals surface area contributed by atoms with Crippen LogP contribution in [0, 0.1) is 17.8 Å². The SMILES string of the molecule is CCC1CCC(CNCC2CCCN(S(C)(=O)=O)C2)CC1. The van der Waals surface area contributed by atoms with Crippen LogP contribution >= 0.6 is 0 Å². The van der Waals surface area contributed by atoms with Gasteiger partial charge in [-0.3, -0.25) is 0 Å². The van der Waals surface area contributed by atoms with Crippen molar-refractivity contribution in [3.05, 3.63) is 0 Å². The second-order valence-corrected chi connectivity index (χ2v) is 9.06. The first-order valence-corrected chi connectivity index (χ1v) is 10.5. The van der Waals surface area contributed by atoms with Crippen LogP contribution in [0.3, 0.4) is 0 Å². The fourth-order valence-corrected chi connectivity index (χ4v) is 4.77. The molecule has 1 aliphatic heterocycles. The average Bonchev–Trinajstić information content (AvgIpc) is 2.47. The van der Waals surface area contributed by atoms with Crippen LogP contribution in [0.2, 0.25) is 0 Å². The van der Waals surface area contributed by atoms with Crippen molar-refractivity contribution in [2.45, 2.75) is 51.9 Å². The maximum absolute atomic E-state index is 11.6. The lowest BCUT2D eigenvalue weighted by atomic mass is 9.81. The van der Waals surface area contributed by atoms with Crippen molar-refractivity contribution in [3.63, 3.8) is 0 Å². The molecule has 1 aliphatic carbocycles. The van der Waals surface area contributed by atoms with Gasteiger partial charge in [-0.25, -0.2) is 12.7 Å². The minimum Gasteiger partial charge on any atom is -0.316 e. The van der Waals surface area contributed by atoms with Gasteiger partial charge in [0.2, 0.25) is 10.0 Å². The Balaban J connectivity index is 1.65. The summed E-state index contributed by atoms with van der Waals surface area (Å²) in [6.45, 7) is 5.80. The molecule has 1 N–H and O–H groups in total. The highest BCUT2D eigenvalue weighted by molar-refractivity contribution is 7.88. The molecule has 4 nitrogen and oxygen atoms in total. The van der Waals surface area contributed by atoms with Gasteiger partial charge in [-0.1, -0.05) is 26.2 Å². The molecule has 2 rings (SSSR count). The third-order valence-corrected chi connectivity index (χ3v) is 6.63. The Bertz CT molecular complexity index is 403. The minimum absolute atomic E-state index is 0.487. The van der Waals surface area contributed by atoms with Crippen LogP contribution in [0.15, 0.2) is 0 Å². The number of hydrogen-bond acceptors (Lipinski definition) is 3. The second-order valence-electron chi connectivity index (χ2n) is 7.08. The maximum atomic E-state index is 11.6. The summed E-state index contributed by atoms with van der Waals surface area (Å²) in [6.07, 6.45) is 10.3. The van der Waals surface area contributed by atoms with Crippen LogP contribution in [0.4, 0.5) is 0 Å². The molecule has 124 valence electrons.